The van der Waals surface area contributed by atoms with Gasteiger partial charge in [-0.15, -0.1) is 0 Å². The van der Waals surface area contributed by atoms with Crippen LogP contribution in [0.15, 0.2) is 17.2 Å². The molecule has 0 aliphatic carbocycles. The van der Waals surface area contributed by atoms with Gasteiger partial charge in [0.05, 0.1) is 36.0 Å². The van der Waals surface area contributed by atoms with Gasteiger partial charge in [-0.25, -0.2) is 4.98 Å². The average molecular weight is 514 g/mol. The van der Waals surface area contributed by atoms with E-state index in [1.165, 1.54) is 5.56 Å². The first-order valence-corrected chi connectivity index (χ1v) is 13.8. The van der Waals surface area contributed by atoms with E-state index in [1.54, 1.807) is 10.9 Å². The minimum atomic E-state index is -1.98. The van der Waals surface area contributed by atoms with E-state index in [9.17, 15) is 4.79 Å². The van der Waals surface area contributed by atoms with Crippen molar-refractivity contribution < 1.29 is 9.16 Å². The topological polar surface area (TPSA) is 53.4 Å². The van der Waals surface area contributed by atoms with Crippen molar-refractivity contribution in [2.24, 2.45) is 0 Å². The van der Waals surface area contributed by atoms with Gasteiger partial charge in [-0.2, -0.15) is 0 Å². The number of nitrogens with zero attached hydrogens (tertiary/aromatic N) is 2. The highest BCUT2D eigenvalue weighted by Gasteiger charge is 2.42. The Hall–Kier alpha value is -0.773. The van der Waals surface area contributed by atoms with Crippen LogP contribution in [0.3, 0.4) is 0 Å². The van der Waals surface area contributed by atoms with Crippen LogP contribution in [0, 0.1) is 17.4 Å². The molecule has 2 heterocycles. The lowest BCUT2D eigenvalue weighted by atomic mass is 10.0. The molecule has 1 aliphatic rings. The van der Waals surface area contributed by atoms with Crippen molar-refractivity contribution >= 4 is 41.8 Å². The first-order chi connectivity index (χ1) is 12.9. The predicted octanol–water partition coefficient (Wildman–Crippen LogP) is 4.97. The first kappa shape index (κ1) is 21.9. The number of fused-ring (bicyclic) bond motifs is 1. The molecule has 5 nitrogen and oxygen atoms in total. The van der Waals surface area contributed by atoms with Crippen LogP contribution in [0.2, 0.25) is 18.1 Å². The second-order valence-electron chi connectivity index (χ2n) is 9.31. The van der Waals surface area contributed by atoms with E-state index < -0.39 is 8.32 Å². The third-order valence-electron chi connectivity index (χ3n) is 6.46. The van der Waals surface area contributed by atoms with Gasteiger partial charge in [0.25, 0.3) is 5.56 Å². The monoisotopic (exact) mass is 514 g/mol. The zero-order valence-electron chi connectivity index (χ0n) is 17.9. The van der Waals surface area contributed by atoms with Crippen LogP contribution in [-0.4, -0.2) is 37.2 Å². The number of rotatable bonds is 3. The summed E-state index contributed by atoms with van der Waals surface area (Å²) in [5, 5.41) is 0.791. The van der Waals surface area contributed by atoms with E-state index in [1.807, 2.05) is 13.0 Å². The molecule has 154 valence electrons. The summed E-state index contributed by atoms with van der Waals surface area (Å²) in [6, 6.07) is 1.92. The number of aryl methyl sites for hydroxylation is 1. The summed E-state index contributed by atoms with van der Waals surface area (Å²) in [6.07, 6.45) is 2.34. The number of hydrogen-bond acceptors (Lipinski definition) is 4. The molecular formula is C21H31IN2O3Si. The van der Waals surface area contributed by atoms with Crippen LogP contribution in [-0.2, 0) is 9.16 Å². The van der Waals surface area contributed by atoms with Gasteiger partial charge < -0.3 is 9.16 Å². The fraction of sp³-hybridized carbons (Fsp3) is 0.619. The lowest BCUT2D eigenvalue weighted by Gasteiger charge is -2.43. The van der Waals surface area contributed by atoms with Gasteiger partial charge in [0.2, 0.25) is 0 Å². The van der Waals surface area contributed by atoms with Crippen LogP contribution < -0.4 is 5.56 Å². The van der Waals surface area contributed by atoms with E-state index >= 15 is 0 Å². The highest BCUT2D eigenvalue weighted by molar-refractivity contribution is 14.1. The normalized spacial score (nSPS) is 21.3. The predicted molar refractivity (Wildman–Crippen MR) is 125 cm³/mol. The molecule has 0 unspecified atom stereocenters. The Morgan fingerprint density at radius 2 is 1.96 bits per heavy atom. The molecule has 2 aromatic rings. The lowest BCUT2D eigenvalue weighted by molar-refractivity contribution is -0.0327. The molecule has 2 atom stereocenters. The summed E-state index contributed by atoms with van der Waals surface area (Å²) in [5.41, 5.74) is 3.07. The van der Waals surface area contributed by atoms with Crippen molar-refractivity contribution in [3.8, 4) is 0 Å². The quantitative estimate of drug-likeness (QED) is 0.429. The van der Waals surface area contributed by atoms with Crippen LogP contribution in [0.5, 0.6) is 0 Å². The smallest absolute Gasteiger partial charge is 0.261 e. The maximum atomic E-state index is 13.4. The summed E-state index contributed by atoms with van der Waals surface area (Å²) in [6.45, 7) is 16.4. The fourth-order valence-electron chi connectivity index (χ4n) is 3.43. The molecule has 28 heavy (non-hydrogen) atoms. The number of halogens is 1. The van der Waals surface area contributed by atoms with Crippen LogP contribution in [0.1, 0.15) is 44.4 Å². The molecule has 1 saturated heterocycles. The summed E-state index contributed by atoms with van der Waals surface area (Å²) in [7, 11) is -1.98. The first-order valence-electron chi connectivity index (χ1n) is 9.86. The lowest BCUT2D eigenvalue weighted by Crippen LogP contribution is -2.50. The summed E-state index contributed by atoms with van der Waals surface area (Å²) < 4.78 is 15.3. The third kappa shape index (κ3) is 3.95. The van der Waals surface area contributed by atoms with E-state index in [2.05, 4.69) is 68.4 Å². The largest absolute Gasteiger partial charge is 0.409 e. The highest BCUT2D eigenvalue weighted by Crippen LogP contribution is 2.39. The van der Waals surface area contributed by atoms with Crippen molar-refractivity contribution in [3.05, 3.63) is 37.4 Å². The Morgan fingerprint density at radius 3 is 2.61 bits per heavy atom. The molecule has 0 amide bonds. The highest BCUT2D eigenvalue weighted by atomic mass is 127. The van der Waals surface area contributed by atoms with Crippen molar-refractivity contribution in [1.29, 1.82) is 0 Å². The molecule has 1 aromatic carbocycles. The maximum absolute atomic E-state index is 13.4. The molecule has 0 saturated carbocycles. The van der Waals surface area contributed by atoms with Gasteiger partial charge in [0, 0.05) is 10.2 Å². The van der Waals surface area contributed by atoms with Crippen molar-refractivity contribution in [1.82, 2.24) is 9.55 Å². The van der Waals surface area contributed by atoms with Crippen molar-refractivity contribution in [2.75, 3.05) is 13.2 Å². The van der Waals surface area contributed by atoms with E-state index in [-0.39, 0.29) is 22.7 Å². The van der Waals surface area contributed by atoms with Gasteiger partial charge >= 0.3 is 0 Å². The van der Waals surface area contributed by atoms with Gasteiger partial charge in [-0.05, 0) is 78.2 Å². The van der Waals surface area contributed by atoms with Gasteiger partial charge in [0.1, 0.15) is 0 Å². The number of benzene rings is 1. The zero-order valence-corrected chi connectivity index (χ0v) is 21.1. The minimum Gasteiger partial charge on any atom is -0.409 e. The Labute approximate surface area is 182 Å². The van der Waals surface area contributed by atoms with Crippen molar-refractivity contribution in [3.63, 3.8) is 0 Å². The SMILES string of the molecule is Cc1c(I)cc2c(=O)n([C@H]3CCOC[C@@H]3O[Si](C)(C)C(C)(C)C)cnc2c1C. The molecule has 0 spiro atoms. The molecule has 0 bridgehead atoms. The number of hydrogen-bond donors (Lipinski definition) is 0. The molecule has 1 aromatic heterocycles. The Balaban J connectivity index is 2.05. The van der Waals surface area contributed by atoms with Gasteiger partial charge in [0.15, 0.2) is 8.32 Å². The number of ether oxygens (including phenoxy) is 1. The summed E-state index contributed by atoms with van der Waals surface area (Å²) in [4.78, 5) is 18.1. The van der Waals surface area contributed by atoms with E-state index in [0.29, 0.717) is 18.6 Å². The van der Waals surface area contributed by atoms with Gasteiger partial charge in [-0.3, -0.25) is 9.36 Å². The van der Waals surface area contributed by atoms with Crippen molar-refractivity contribution in [2.45, 2.75) is 71.3 Å². The number of aromatic nitrogens is 2. The average Bonchev–Trinajstić information content (AvgIpc) is 2.60. The van der Waals surface area contributed by atoms with E-state index in [0.717, 1.165) is 21.1 Å². The maximum Gasteiger partial charge on any atom is 0.261 e. The summed E-state index contributed by atoms with van der Waals surface area (Å²) in [5.74, 6) is 0. The molecule has 1 fully saturated rings. The van der Waals surface area contributed by atoms with E-state index in [4.69, 9.17) is 9.16 Å². The Kier molecular flexibility index (Phi) is 6.12. The fourth-order valence-corrected chi connectivity index (χ4v) is 5.48. The summed E-state index contributed by atoms with van der Waals surface area (Å²) >= 11 is 2.30. The zero-order chi connectivity index (χ0) is 20.9. The Morgan fingerprint density at radius 1 is 1.29 bits per heavy atom. The molecule has 3 rings (SSSR count). The van der Waals surface area contributed by atoms with Gasteiger partial charge in [-0.1, -0.05) is 20.8 Å². The van der Waals surface area contributed by atoms with Crippen LogP contribution in [0.25, 0.3) is 10.9 Å². The second kappa shape index (κ2) is 7.81. The van der Waals surface area contributed by atoms with Crippen LogP contribution in [0.4, 0.5) is 0 Å². The second-order valence-corrected chi connectivity index (χ2v) is 15.2. The standard InChI is InChI=1S/C21H31IN2O3Si/c1-13-14(2)19-15(10-16(13)22)20(25)24(12-23-19)17-8-9-26-11-18(17)27-28(6,7)21(3,4)5/h10,12,17-18H,8-9,11H2,1-7H3/t17-,18-/m0/s1. The minimum absolute atomic E-state index is 0.0155. The van der Waals surface area contributed by atoms with Crippen LogP contribution >= 0.6 is 22.6 Å². The Bertz CT molecular complexity index is 949. The molecule has 0 radical (unpaired) electrons. The molecule has 1 aliphatic heterocycles. The third-order valence-corrected chi connectivity index (χ3v) is 12.1. The molecule has 0 N–H and O–H groups in total. The molecular weight excluding hydrogens is 483 g/mol. The molecule has 7 heteroatoms.